The summed E-state index contributed by atoms with van der Waals surface area (Å²) in [5, 5.41) is 7.41. The quantitative estimate of drug-likeness (QED) is 0.619. The molecule has 5 heteroatoms. The van der Waals surface area contributed by atoms with Crippen LogP contribution in [0.1, 0.15) is 6.42 Å². The van der Waals surface area contributed by atoms with Crippen LogP contribution in [0, 0.1) is 5.92 Å². The summed E-state index contributed by atoms with van der Waals surface area (Å²) >= 11 is 0. The van der Waals surface area contributed by atoms with Crippen molar-refractivity contribution in [1.82, 2.24) is 14.9 Å². The standard InChI is InChI=1S/C8H9N5/c1-2-7-3-6(1)8(11-7)12-13-4-9-10-5-13/h1-2,4-7H,3H2,(H,11,12). The molecule has 0 spiro atoms. The van der Waals surface area contributed by atoms with Crippen molar-refractivity contribution in [2.24, 2.45) is 10.9 Å². The highest BCUT2D eigenvalue weighted by molar-refractivity contribution is 5.95. The highest BCUT2D eigenvalue weighted by atomic mass is 15.5. The smallest absolute Gasteiger partial charge is 0.139 e. The molecule has 2 aliphatic rings. The molecule has 0 radical (unpaired) electrons. The predicted octanol–water partition coefficient (Wildman–Crippen LogP) is 0.178. The monoisotopic (exact) mass is 175 g/mol. The molecule has 0 saturated carbocycles. The van der Waals surface area contributed by atoms with E-state index in [4.69, 9.17) is 0 Å². The predicted molar refractivity (Wildman–Crippen MR) is 47.9 cm³/mol. The molecule has 3 rings (SSSR count). The molecule has 1 N–H and O–H groups in total. The summed E-state index contributed by atoms with van der Waals surface area (Å²) in [4.78, 5) is 4.47. The lowest BCUT2D eigenvalue weighted by Crippen LogP contribution is -2.25. The summed E-state index contributed by atoms with van der Waals surface area (Å²) in [6.45, 7) is 0. The Morgan fingerprint density at radius 2 is 2.15 bits per heavy atom. The molecule has 1 aliphatic heterocycles. The van der Waals surface area contributed by atoms with E-state index in [1.807, 2.05) is 0 Å². The van der Waals surface area contributed by atoms with Gasteiger partial charge in [-0.15, -0.1) is 10.2 Å². The number of nitrogens with one attached hydrogen (secondary N) is 1. The van der Waals surface area contributed by atoms with Gasteiger partial charge in [-0.3, -0.25) is 10.4 Å². The maximum absolute atomic E-state index is 4.47. The first-order chi connectivity index (χ1) is 6.42. The fraction of sp³-hybridized carbons (Fsp3) is 0.375. The van der Waals surface area contributed by atoms with Crippen molar-refractivity contribution in [3.8, 4) is 0 Å². The van der Waals surface area contributed by atoms with E-state index < -0.39 is 0 Å². The van der Waals surface area contributed by atoms with Crippen LogP contribution in [0.25, 0.3) is 0 Å². The van der Waals surface area contributed by atoms with Crippen molar-refractivity contribution in [2.45, 2.75) is 12.5 Å². The maximum Gasteiger partial charge on any atom is 0.139 e. The number of aliphatic imine (C=N–C) groups is 1. The van der Waals surface area contributed by atoms with Crippen LogP contribution in [-0.2, 0) is 0 Å². The Labute approximate surface area is 75.2 Å². The van der Waals surface area contributed by atoms with Crippen LogP contribution in [0.4, 0.5) is 0 Å². The van der Waals surface area contributed by atoms with Gasteiger partial charge >= 0.3 is 0 Å². The highest BCUT2D eigenvalue weighted by Crippen LogP contribution is 2.28. The van der Waals surface area contributed by atoms with E-state index >= 15 is 0 Å². The maximum atomic E-state index is 4.47. The van der Waals surface area contributed by atoms with Crippen LogP contribution >= 0.6 is 0 Å². The van der Waals surface area contributed by atoms with Gasteiger partial charge in [-0.1, -0.05) is 12.2 Å². The molecule has 1 aliphatic carbocycles. The van der Waals surface area contributed by atoms with E-state index in [-0.39, 0.29) is 0 Å². The Morgan fingerprint density at radius 3 is 2.77 bits per heavy atom. The van der Waals surface area contributed by atoms with Gasteiger partial charge in [0.2, 0.25) is 0 Å². The first-order valence-corrected chi connectivity index (χ1v) is 4.29. The molecule has 5 nitrogen and oxygen atoms in total. The van der Waals surface area contributed by atoms with E-state index in [0.29, 0.717) is 12.0 Å². The van der Waals surface area contributed by atoms with Crippen molar-refractivity contribution in [3.63, 3.8) is 0 Å². The second kappa shape index (κ2) is 2.42. The minimum absolute atomic E-state index is 0.393. The number of amidine groups is 1. The lowest BCUT2D eigenvalue weighted by atomic mass is 10.1. The first kappa shape index (κ1) is 6.82. The second-order valence-electron chi connectivity index (χ2n) is 3.29. The number of dihydropyridines is 1. The molecular weight excluding hydrogens is 166 g/mol. The van der Waals surface area contributed by atoms with Crippen LogP contribution in [-0.4, -0.2) is 26.8 Å². The number of hydrogen-bond donors (Lipinski definition) is 1. The Bertz CT molecular complexity index is 364. The zero-order valence-corrected chi connectivity index (χ0v) is 6.96. The van der Waals surface area contributed by atoms with Crippen molar-refractivity contribution in [3.05, 3.63) is 24.8 Å². The zero-order chi connectivity index (χ0) is 8.67. The third-order valence-corrected chi connectivity index (χ3v) is 2.38. The van der Waals surface area contributed by atoms with Gasteiger partial charge in [0, 0.05) is 5.92 Å². The van der Waals surface area contributed by atoms with E-state index in [1.165, 1.54) is 0 Å². The molecule has 1 aromatic heterocycles. The minimum atomic E-state index is 0.393. The van der Waals surface area contributed by atoms with Gasteiger partial charge < -0.3 is 0 Å². The van der Waals surface area contributed by atoms with Crippen molar-refractivity contribution >= 4 is 5.84 Å². The Morgan fingerprint density at radius 1 is 1.31 bits per heavy atom. The lowest BCUT2D eigenvalue weighted by molar-refractivity contribution is 0.776. The molecular formula is C8H9N5. The summed E-state index contributed by atoms with van der Waals surface area (Å²) in [5.41, 5.74) is 3.14. The van der Waals surface area contributed by atoms with Crippen LogP contribution < -0.4 is 5.43 Å². The lowest BCUT2D eigenvalue weighted by Gasteiger charge is -2.10. The normalized spacial score (nSPS) is 29.4. The van der Waals surface area contributed by atoms with Crippen molar-refractivity contribution in [1.29, 1.82) is 0 Å². The SMILES string of the molecule is C1=CC2CC1N=C2Nn1cnnc1. The molecule has 2 bridgehead atoms. The average Bonchev–Trinajstić information content (AvgIpc) is 2.77. The largest absolute Gasteiger partial charge is 0.278 e. The molecule has 0 saturated heterocycles. The van der Waals surface area contributed by atoms with E-state index in [9.17, 15) is 0 Å². The van der Waals surface area contributed by atoms with Gasteiger partial charge in [-0.05, 0) is 6.42 Å². The van der Waals surface area contributed by atoms with Gasteiger partial charge in [0.25, 0.3) is 0 Å². The number of aromatic nitrogens is 3. The van der Waals surface area contributed by atoms with Gasteiger partial charge in [-0.25, -0.2) is 4.68 Å². The third kappa shape index (κ3) is 1.04. The fourth-order valence-electron chi connectivity index (χ4n) is 1.76. The Balaban J connectivity index is 1.79. The number of nitrogens with zero attached hydrogens (tertiary/aromatic N) is 4. The summed E-state index contributed by atoms with van der Waals surface area (Å²) in [7, 11) is 0. The molecule has 0 amide bonds. The highest BCUT2D eigenvalue weighted by Gasteiger charge is 2.29. The second-order valence-corrected chi connectivity index (χ2v) is 3.29. The van der Waals surface area contributed by atoms with Gasteiger partial charge in [0.15, 0.2) is 0 Å². The summed E-state index contributed by atoms with van der Waals surface area (Å²) in [6, 6.07) is 0.393. The summed E-state index contributed by atoms with van der Waals surface area (Å²) in [6.07, 6.45) is 8.72. The molecule has 0 fully saturated rings. The Hall–Kier alpha value is -1.65. The van der Waals surface area contributed by atoms with Crippen molar-refractivity contribution < 1.29 is 0 Å². The summed E-state index contributed by atoms with van der Waals surface area (Å²) in [5.74, 6) is 1.49. The number of rotatable bonds is 1. The number of fused-ring (bicyclic) bond motifs is 2. The summed E-state index contributed by atoms with van der Waals surface area (Å²) < 4.78 is 1.72. The first-order valence-electron chi connectivity index (χ1n) is 4.29. The van der Waals surface area contributed by atoms with Crippen LogP contribution in [0.3, 0.4) is 0 Å². The molecule has 1 aromatic rings. The topological polar surface area (TPSA) is 55.1 Å². The van der Waals surface area contributed by atoms with Crippen LogP contribution in [0.5, 0.6) is 0 Å². The van der Waals surface area contributed by atoms with Gasteiger partial charge in [0.05, 0.1) is 6.04 Å². The van der Waals surface area contributed by atoms with Crippen molar-refractivity contribution in [2.75, 3.05) is 5.43 Å². The molecule has 2 unspecified atom stereocenters. The van der Waals surface area contributed by atoms with Gasteiger partial charge in [0.1, 0.15) is 18.5 Å². The van der Waals surface area contributed by atoms with E-state index in [0.717, 1.165) is 12.3 Å². The van der Waals surface area contributed by atoms with Gasteiger partial charge in [-0.2, -0.15) is 0 Å². The molecule has 66 valence electrons. The third-order valence-electron chi connectivity index (χ3n) is 2.38. The van der Waals surface area contributed by atoms with E-state index in [2.05, 4.69) is 32.8 Å². The number of hydrogen-bond acceptors (Lipinski definition) is 4. The average molecular weight is 175 g/mol. The fourth-order valence-corrected chi connectivity index (χ4v) is 1.76. The molecule has 2 atom stereocenters. The minimum Gasteiger partial charge on any atom is -0.278 e. The van der Waals surface area contributed by atoms with E-state index in [1.54, 1.807) is 17.3 Å². The molecule has 13 heavy (non-hydrogen) atoms. The Kier molecular flexibility index (Phi) is 1.27. The molecule has 0 aromatic carbocycles. The van der Waals surface area contributed by atoms with Crippen LogP contribution in [0.2, 0.25) is 0 Å². The molecule has 2 heterocycles. The zero-order valence-electron chi connectivity index (χ0n) is 6.96. The van der Waals surface area contributed by atoms with Crippen LogP contribution in [0.15, 0.2) is 29.8 Å².